The Morgan fingerprint density at radius 1 is 0.903 bits per heavy atom. The van der Waals surface area contributed by atoms with E-state index >= 15 is 0 Å². The van der Waals surface area contributed by atoms with Crippen LogP contribution in [0.1, 0.15) is 10.4 Å². The zero-order chi connectivity index (χ0) is 21.0. The normalized spacial score (nSPS) is 12.3. The van der Waals surface area contributed by atoms with Crippen LogP contribution in [-0.2, 0) is 0 Å². The Kier molecular flexibility index (Phi) is 5.24. The second-order valence-corrected chi connectivity index (χ2v) is 7.65. The van der Waals surface area contributed by atoms with Crippen molar-refractivity contribution in [3.8, 4) is 34.3 Å². The molecule has 2 heterocycles. The molecule has 0 saturated heterocycles. The van der Waals surface area contributed by atoms with Gasteiger partial charge < -0.3 is 14.2 Å². The molecule has 6 nitrogen and oxygen atoms in total. The summed E-state index contributed by atoms with van der Waals surface area (Å²) in [5, 5.41) is 5.28. The molecule has 0 atom stereocenters. The summed E-state index contributed by atoms with van der Waals surface area (Å²) in [5.74, 6) is 2.49. The molecule has 7 heteroatoms. The van der Waals surface area contributed by atoms with Crippen molar-refractivity contribution >= 4 is 22.4 Å². The largest absolute Gasteiger partial charge is 0.486 e. The molecule has 154 valence electrons. The van der Waals surface area contributed by atoms with Crippen molar-refractivity contribution in [3.05, 3.63) is 83.7 Å². The predicted molar refractivity (Wildman–Crippen MR) is 119 cm³/mol. The molecule has 0 fully saturated rings. The van der Waals surface area contributed by atoms with E-state index in [9.17, 15) is 4.79 Å². The number of rotatable bonds is 5. The summed E-state index contributed by atoms with van der Waals surface area (Å²) in [4.78, 5) is 17.3. The second kappa shape index (κ2) is 8.49. The molecular formula is C24H18N2O4S. The van der Waals surface area contributed by atoms with Gasteiger partial charge in [-0.3, -0.25) is 10.1 Å². The van der Waals surface area contributed by atoms with Crippen molar-refractivity contribution in [2.24, 2.45) is 0 Å². The highest BCUT2D eigenvalue weighted by Gasteiger charge is 2.15. The van der Waals surface area contributed by atoms with Gasteiger partial charge in [0.15, 0.2) is 16.6 Å². The lowest BCUT2D eigenvalue weighted by Crippen LogP contribution is -2.15. The third kappa shape index (κ3) is 4.36. The summed E-state index contributed by atoms with van der Waals surface area (Å²) in [7, 11) is 0. The third-order valence-corrected chi connectivity index (χ3v) is 5.40. The number of ether oxygens (including phenoxy) is 3. The monoisotopic (exact) mass is 430 g/mol. The molecule has 0 radical (unpaired) electrons. The lowest BCUT2D eigenvalue weighted by Gasteiger charge is -2.18. The molecule has 0 spiro atoms. The number of benzene rings is 3. The number of nitrogens with zero attached hydrogens (tertiary/aromatic N) is 1. The van der Waals surface area contributed by atoms with Crippen molar-refractivity contribution in [2.75, 3.05) is 18.5 Å². The van der Waals surface area contributed by atoms with Crippen LogP contribution in [0.25, 0.3) is 11.3 Å². The Morgan fingerprint density at radius 3 is 2.58 bits per heavy atom. The number of carbonyl (C=O) groups is 1. The van der Waals surface area contributed by atoms with Gasteiger partial charge in [0.2, 0.25) is 0 Å². The minimum Gasteiger partial charge on any atom is -0.486 e. The number of aromatic nitrogens is 1. The maximum absolute atomic E-state index is 12.7. The average Bonchev–Trinajstić information content (AvgIpc) is 3.28. The molecular weight excluding hydrogens is 412 g/mol. The van der Waals surface area contributed by atoms with Gasteiger partial charge in [-0.25, -0.2) is 4.98 Å². The molecule has 0 bridgehead atoms. The van der Waals surface area contributed by atoms with Crippen molar-refractivity contribution in [1.29, 1.82) is 0 Å². The highest BCUT2D eigenvalue weighted by atomic mass is 32.1. The summed E-state index contributed by atoms with van der Waals surface area (Å²) in [6.45, 7) is 1.08. The molecule has 1 amide bonds. The van der Waals surface area contributed by atoms with Crippen LogP contribution >= 0.6 is 11.3 Å². The van der Waals surface area contributed by atoms with Crippen molar-refractivity contribution in [3.63, 3.8) is 0 Å². The fourth-order valence-electron chi connectivity index (χ4n) is 3.16. The first-order chi connectivity index (χ1) is 15.2. The van der Waals surface area contributed by atoms with Crippen molar-refractivity contribution in [1.82, 2.24) is 4.98 Å². The highest BCUT2D eigenvalue weighted by molar-refractivity contribution is 7.14. The molecule has 5 rings (SSSR count). The minimum absolute atomic E-state index is 0.249. The molecule has 1 N–H and O–H groups in total. The summed E-state index contributed by atoms with van der Waals surface area (Å²) >= 11 is 1.37. The Hall–Kier alpha value is -3.84. The van der Waals surface area contributed by atoms with E-state index in [4.69, 9.17) is 14.2 Å². The van der Waals surface area contributed by atoms with E-state index in [1.807, 2.05) is 60.0 Å². The topological polar surface area (TPSA) is 69.7 Å². The molecule has 1 aliphatic heterocycles. The van der Waals surface area contributed by atoms with E-state index in [2.05, 4.69) is 10.3 Å². The van der Waals surface area contributed by atoms with Crippen LogP contribution in [0.3, 0.4) is 0 Å². The molecule has 0 unspecified atom stereocenters. The summed E-state index contributed by atoms with van der Waals surface area (Å²) in [5.41, 5.74) is 2.15. The predicted octanol–water partition coefficient (Wildman–Crippen LogP) is 5.63. The molecule has 4 aromatic rings. The van der Waals surface area contributed by atoms with Gasteiger partial charge in [0.05, 0.1) is 5.69 Å². The number of amides is 1. The minimum atomic E-state index is -0.249. The number of nitrogens with one attached hydrogen (secondary N) is 1. The van der Waals surface area contributed by atoms with E-state index < -0.39 is 0 Å². The summed E-state index contributed by atoms with van der Waals surface area (Å²) < 4.78 is 17.0. The molecule has 31 heavy (non-hydrogen) atoms. The standard InChI is InChI=1S/C24H18N2O4S/c27-23(17-5-4-8-19(13-17)30-18-6-2-1-3-7-18)26-24-25-20(15-31-24)16-9-10-21-22(14-16)29-12-11-28-21/h1-10,13-15H,11-12H2,(H,25,26,27). The van der Waals surface area contributed by atoms with Gasteiger partial charge in [-0.05, 0) is 48.5 Å². The van der Waals surface area contributed by atoms with E-state index in [1.54, 1.807) is 18.2 Å². The number of thiazole rings is 1. The van der Waals surface area contributed by atoms with Crippen LogP contribution in [0.2, 0.25) is 0 Å². The second-order valence-electron chi connectivity index (χ2n) is 6.79. The SMILES string of the molecule is O=C(Nc1nc(-c2ccc3c(c2)OCCO3)cs1)c1cccc(Oc2ccccc2)c1. The smallest absolute Gasteiger partial charge is 0.257 e. The van der Waals surface area contributed by atoms with E-state index in [0.717, 1.165) is 17.0 Å². The molecule has 0 aliphatic carbocycles. The number of carbonyl (C=O) groups excluding carboxylic acids is 1. The first-order valence-corrected chi connectivity index (χ1v) is 10.6. The maximum Gasteiger partial charge on any atom is 0.257 e. The number of hydrogen-bond donors (Lipinski definition) is 1. The summed E-state index contributed by atoms with van der Waals surface area (Å²) in [6.07, 6.45) is 0. The van der Waals surface area contributed by atoms with Crippen LogP contribution in [-0.4, -0.2) is 24.1 Å². The van der Waals surface area contributed by atoms with Gasteiger partial charge in [-0.15, -0.1) is 11.3 Å². The zero-order valence-corrected chi connectivity index (χ0v) is 17.2. The molecule has 1 aromatic heterocycles. The van der Waals surface area contributed by atoms with Gasteiger partial charge in [0.25, 0.3) is 5.91 Å². The van der Waals surface area contributed by atoms with E-state index in [1.165, 1.54) is 11.3 Å². The first-order valence-electron chi connectivity index (χ1n) is 9.74. The number of anilines is 1. The van der Waals surface area contributed by atoms with Crippen LogP contribution in [0, 0.1) is 0 Å². The van der Waals surface area contributed by atoms with Gasteiger partial charge in [-0.1, -0.05) is 24.3 Å². The van der Waals surface area contributed by atoms with Gasteiger partial charge in [0, 0.05) is 16.5 Å². The molecule has 3 aromatic carbocycles. The average molecular weight is 430 g/mol. The summed E-state index contributed by atoms with van der Waals surface area (Å²) in [6, 6.07) is 22.2. The third-order valence-electron chi connectivity index (χ3n) is 4.64. The van der Waals surface area contributed by atoms with Crippen LogP contribution in [0.4, 0.5) is 5.13 Å². The van der Waals surface area contributed by atoms with Crippen molar-refractivity contribution in [2.45, 2.75) is 0 Å². The van der Waals surface area contributed by atoms with E-state index in [-0.39, 0.29) is 5.91 Å². The Morgan fingerprint density at radius 2 is 1.71 bits per heavy atom. The van der Waals surface area contributed by atoms with Gasteiger partial charge in [-0.2, -0.15) is 0 Å². The first kappa shape index (κ1) is 19.1. The lowest BCUT2D eigenvalue weighted by atomic mass is 10.1. The Labute approximate surface area is 183 Å². The fraction of sp³-hybridized carbons (Fsp3) is 0.0833. The number of fused-ring (bicyclic) bond motifs is 1. The van der Waals surface area contributed by atoms with Crippen molar-refractivity contribution < 1.29 is 19.0 Å². The Bertz CT molecular complexity index is 1220. The number of hydrogen-bond acceptors (Lipinski definition) is 6. The molecule has 1 aliphatic rings. The fourth-order valence-corrected chi connectivity index (χ4v) is 3.88. The quantitative estimate of drug-likeness (QED) is 0.445. The highest BCUT2D eigenvalue weighted by Crippen LogP contribution is 2.35. The zero-order valence-electron chi connectivity index (χ0n) is 16.4. The van der Waals surface area contributed by atoms with Gasteiger partial charge in [0.1, 0.15) is 24.7 Å². The van der Waals surface area contributed by atoms with Gasteiger partial charge >= 0.3 is 0 Å². The van der Waals surface area contributed by atoms with Crippen LogP contribution in [0.5, 0.6) is 23.0 Å². The maximum atomic E-state index is 12.7. The van der Waals surface area contributed by atoms with Crippen LogP contribution in [0.15, 0.2) is 78.2 Å². The van der Waals surface area contributed by atoms with Crippen LogP contribution < -0.4 is 19.5 Å². The Balaban J connectivity index is 1.29. The van der Waals surface area contributed by atoms with E-state index in [0.29, 0.717) is 41.2 Å². The lowest BCUT2D eigenvalue weighted by molar-refractivity contribution is 0.102. The number of para-hydroxylation sites is 1. The molecule has 0 saturated carbocycles.